The van der Waals surface area contributed by atoms with Crippen molar-refractivity contribution in [2.75, 3.05) is 18.5 Å². The monoisotopic (exact) mass is 387 g/mol. The molecule has 0 saturated heterocycles. The number of benzene rings is 2. The van der Waals surface area contributed by atoms with Crippen molar-refractivity contribution in [3.63, 3.8) is 0 Å². The molecule has 3 aromatic rings. The standard InChI is InChI=1S/C17H13N3O6S/c21-15(19-17-18-11-5-1-4-8-14(11)27-17)9-26-16(22)10-25-13-7-3-2-6-12(13)20(23)24/h1-8H,9-10H2,(H,18,19,21). The first-order valence-electron chi connectivity index (χ1n) is 7.70. The average molecular weight is 387 g/mol. The Morgan fingerprint density at radius 3 is 2.63 bits per heavy atom. The summed E-state index contributed by atoms with van der Waals surface area (Å²) in [7, 11) is 0. The van der Waals surface area contributed by atoms with E-state index in [9.17, 15) is 19.7 Å². The van der Waals surface area contributed by atoms with E-state index in [0.717, 1.165) is 10.2 Å². The molecule has 0 aliphatic heterocycles. The molecule has 1 amide bonds. The summed E-state index contributed by atoms with van der Waals surface area (Å²) in [5.41, 5.74) is 0.492. The lowest BCUT2D eigenvalue weighted by atomic mass is 10.3. The molecule has 0 saturated carbocycles. The van der Waals surface area contributed by atoms with Crippen LogP contribution >= 0.6 is 11.3 Å². The third-order valence-corrected chi connectivity index (χ3v) is 4.26. The zero-order valence-electron chi connectivity index (χ0n) is 13.8. The maximum Gasteiger partial charge on any atom is 0.344 e. The Morgan fingerprint density at radius 2 is 1.85 bits per heavy atom. The number of carbonyl (C=O) groups excluding carboxylic acids is 2. The van der Waals surface area contributed by atoms with Crippen LogP contribution in [-0.2, 0) is 14.3 Å². The first-order valence-corrected chi connectivity index (χ1v) is 8.52. The number of thiazole rings is 1. The minimum absolute atomic E-state index is 0.0571. The van der Waals surface area contributed by atoms with E-state index in [2.05, 4.69) is 10.3 Å². The van der Waals surface area contributed by atoms with Crippen LogP contribution in [0.25, 0.3) is 10.2 Å². The normalized spacial score (nSPS) is 10.4. The molecule has 1 heterocycles. The van der Waals surface area contributed by atoms with Crippen LogP contribution in [0.15, 0.2) is 48.5 Å². The van der Waals surface area contributed by atoms with Gasteiger partial charge in [-0.15, -0.1) is 0 Å². The lowest BCUT2D eigenvalue weighted by Gasteiger charge is -2.07. The van der Waals surface area contributed by atoms with Gasteiger partial charge < -0.3 is 9.47 Å². The number of carbonyl (C=O) groups is 2. The summed E-state index contributed by atoms with van der Waals surface area (Å²) in [4.78, 5) is 38.0. The van der Waals surface area contributed by atoms with Crippen molar-refractivity contribution in [3.05, 3.63) is 58.6 Å². The third kappa shape index (κ3) is 4.76. The highest BCUT2D eigenvalue weighted by Gasteiger charge is 2.16. The second-order valence-electron chi connectivity index (χ2n) is 5.21. The summed E-state index contributed by atoms with van der Waals surface area (Å²) >= 11 is 1.30. The van der Waals surface area contributed by atoms with Crippen molar-refractivity contribution in [1.82, 2.24) is 4.98 Å². The Labute approximate surface area is 156 Å². The fourth-order valence-electron chi connectivity index (χ4n) is 2.14. The smallest absolute Gasteiger partial charge is 0.344 e. The quantitative estimate of drug-likeness (QED) is 0.376. The van der Waals surface area contributed by atoms with Crippen LogP contribution in [0.3, 0.4) is 0 Å². The number of nitro groups is 1. The minimum atomic E-state index is -0.826. The number of nitro benzene ring substituents is 1. The predicted molar refractivity (Wildman–Crippen MR) is 97.8 cm³/mol. The van der Waals surface area contributed by atoms with Gasteiger partial charge in [0, 0.05) is 6.07 Å². The van der Waals surface area contributed by atoms with E-state index >= 15 is 0 Å². The number of nitrogens with one attached hydrogen (secondary N) is 1. The van der Waals surface area contributed by atoms with Crippen LogP contribution in [0.4, 0.5) is 10.8 Å². The van der Waals surface area contributed by atoms with Crippen LogP contribution in [0, 0.1) is 10.1 Å². The van der Waals surface area contributed by atoms with Gasteiger partial charge in [0.1, 0.15) is 0 Å². The number of anilines is 1. The van der Waals surface area contributed by atoms with Gasteiger partial charge in [-0.2, -0.15) is 0 Å². The first kappa shape index (κ1) is 18.3. The largest absolute Gasteiger partial charge is 0.475 e. The molecule has 9 nitrogen and oxygen atoms in total. The van der Waals surface area contributed by atoms with Crippen LogP contribution in [0.1, 0.15) is 0 Å². The molecule has 1 aromatic heterocycles. The summed E-state index contributed by atoms with van der Waals surface area (Å²) < 4.78 is 10.8. The lowest BCUT2D eigenvalue weighted by molar-refractivity contribution is -0.385. The summed E-state index contributed by atoms with van der Waals surface area (Å²) in [5.74, 6) is -1.43. The number of esters is 1. The van der Waals surface area contributed by atoms with Crippen LogP contribution < -0.4 is 10.1 Å². The van der Waals surface area contributed by atoms with Gasteiger partial charge in [-0.1, -0.05) is 35.6 Å². The average Bonchev–Trinajstić information content (AvgIpc) is 3.07. The molecule has 0 fully saturated rings. The van der Waals surface area contributed by atoms with Crippen LogP contribution in [-0.4, -0.2) is 35.0 Å². The second-order valence-corrected chi connectivity index (χ2v) is 6.24. The van der Waals surface area contributed by atoms with Gasteiger partial charge in [-0.05, 0) is 18.2 Å². The number of ether oxygens (including phenoxy) is 2. The minimum Gasteiger partial charge on any atom is -0.475 e. The van der Waals surface area contributed by atoms with Gasteiger partial charge in [0.15, 0.2) is 24.1 Å². The number of rotatable bonds is 7. The van der Waals surface area contributed by atoms with Crippen LogP contribution in [0.2, 0.25) is 0 Å². The Bertz CT molecular complexity index is 970. The molecule has 0 aliphatic carbocycles. The molecule has 0 aliphatic rings. The highest BCUT2D eigenvalue weighted by Crippen LogP contribution is 2.26. The lowest BCUT2D eigenvalue weighted by Crippen LogP contribution is -2.23. The molecule has 1 N–H and O–H groups in total. The Balaban J connectivity index is 1.47. The van der Waals surface area contributed by atoms with E-state index in [4.69, 9.17) is 9.47 Å². The van der Waals surface area contributed by atoms with E-state index in [-0.39, 0.29) is 11.4 Å². The summed E-state index contributed by atoms with van der Waals surface area (Å²) in [6.07, 6.45) is 0. The van der Waals surface area contributed by atoms with Gasteiger partial charge in [-0.25, -0.2) is 9.78 Å². The van der Waals surface area contributed by atoms with Gasteiger partial charge in [0.25, 0.3) is 5.91 Å². The number of para-hydroxylation sites is 3. The van der Waals surface area contributed by atoms with Crippen molar-refractivity contribution in [2.24, 2.45) is 0 Å². The molecule has 138 valence electrons. The number of aromatic nitrogens is 1. The maximum atomic E-state index is 11.9. The van der Waals surface area contributed by atoms with E-state index in [1.54, 1.807) is 6.07 Å². The predicted octanol–water partition coefficient (Wildman–Crippen LogP) is 2.77. The van der Waals surface area contributed by atoms with Gasteiger partial charge in [0.2, 0.25) is 0 Å². The van der Waals surface area contributed by atoms with Gasteiger partial charge in [0.05, 0.1) is 15.1 Å². The maximum absolute atomic E-state index is 11.9. The topological polar surface area (TPSA) is 121 Å². The first-order chi connectivity index (χ1) is 13.0. The van der Waals surface area contributed by atoms with Gasteiger partial charge >= 0.3 is 11.7 Å². The third-order valence-electron chi connectivity index (χ3n) is 3.31. The van der Waals surface area contributed by atoms with E-state index in [0.29, 0.717) is 5.13 Å². The van der Waals surface area contributed by atoms with Crippen molar-refractivity contribution >= 4 is 44.2 Å². The zero-order chi connectivity index (χ0) is 19.2. The molecule has 0 radical (unpaired) electrons. The molecule has 0 spiro atoms. The second kappa shape index (κ2) is 8.23. The highest BCUT2D eigenvalue weighted by atomic mass is 32.1. The van der Waals surface area contributed by atoms with Crippen molar-refractivity contribution < 1.29 is 24.0 Å². The van der Waals surface area contributed by atoms with E-state index in [1.165, 1.54) is 29.5 Å². The number of fused-ring (bicyclic) bond motifs is 1. The molecular weight excluding hydrogens is 374 g/mol. The molecule has 2 aromatic carbocycles. The molecule has 0 atom stereocenters. The molecule has 0 unspecified atom stereocenters. The number of nitrogens with zero attached hydrogens (tertiary/aromatic N) is 2. The number of amides is 1. The fraction of sp³-hybridized carbons (Fsp3) is 0.118. The van der Waals surface area contributed by atoms with Crippen LogP contribution in [0.5, 0.6) is 5.75 Å². The number of hydrogen-bond acceptors (Lipinski definition) is 8. The van der Waals surface area contributed by atoms with Crippen molar-refractivity contribution in [1.29, 1.82) is 0 Å². The summed E-state index contributed by atoms with van der Waals surface area (Å²) in [6, 6.07) is 13.0. The Hall–Kier alpha value is -3.53. The SMILES string of the molecule is O=C(COC(=O)COc1ccccc1[N+](=O)[O-])Nc1nc2ccccc2s1. The molecule has 27 heavy (non-hydrogen) atoms. The van der Waals surface area contributed by atoms with E-state index in [1.807, 2.05) is 24.3 Å². The van der Waals surface area contributed by atoms with Crippen molar-refractivity contribution in [3.8, 4) is 5.75 Å². The molecule has 3 rings (SSSR count). The van der Waals surface area contributed by atoms with E-state index < -0.39 is 30.0 Å². The molecular formula is C17H13N3O6S. The summed E-state index contributed by atoms with van der Waals surface area (Å²) in [6.45, 7) is -1.08. The molecule has 10 heteroatoms. The molecule has 0 bridgehead atoms. The fourth-order valence-corrected chi connectivity index (χ4v) is 3.02. The number of hydrogen-bond donors (Lipinski definition) is 1. The Morgan fingerprint density at radius 1 is 1.11 bits per heavy atom. The van der Waals surface area contributed by atoms with Crippen molar-refractivity contribution in [2.45, 2.75) is 0 Å². The van der Waals surface area contributed by atoms with Gasteiger partial charge in [-0.3, -0.25) is 20.2 Å². The summed E-state index contributed by atoms with van der Waals surface area (Å²) in [5, 5.41) is 13.8. The Kier molecular flexibility index (Phi) is 5.57. The zero-order valence-corrected chi connectivity index (χ0v) is 14.6. The highest BCUT2D eigenvalue weighted by molar-refractivity contribution is 7.22.